The van der Waals surface area contributed by atoms with Crippen LogP contribution in [0.1, 0.15) is 5.69 Å². The second-order valence-corrected chi connectivity index (χ2v) is 7.83. The van der Waals surface area contributed by atoms with Gasteiger partial charge in [-0.3, -0.25) is 4.90 Å². The van der Waals surface area contributed by atoms with Gasteiger partial charge in [-0.1, -0.05) is 60.7 Å². The van der Waals surface area contributed by atoms with E-state index in [-0.39, 0.29) is 6.61 Å². The molecule has 1 saturated heterocycles. The molecular weight excluding hydrogens is 388 g/mol. The Hall–Kier alpha value is -3.29. The van der Waals surface area contributed by atoms with E-state index in [2.05, 4.69) is 21.9 Å². The topological polar surface area (TPSA) is 69.8 Å². The van der Waals surface area contributed by atoms with Gasteiger partial charge in [-0.2, -0.15) is 14.6 Å². The Morgan fingerprint density at radius 3 is 2.13 bits per heavy atom. The number of benzene rings is 2. The summed E-state index contributed by atoms with van der Waals surface area (Å²) in [6.07, 6.45) is 0. The molecule has 7 nitrogen and oxygen atoms in total. The van der Waals surface area contributed by atoms with Crippen LogP contribution in [0.15, 0.2) is 60.7 Å². The van der Waals surface area contributed by atoms with Crippen LogP contribution in [-0.4, -0.2) is 68.9 Å². The monoisotopic (exact) mass is 414 g/mol. The fourth-order valence-electron chi connectivity index (χ4n) is 4.20. The molecule has 1 aliphatic heterocycles. The zero-order valence-corrected chi connectivity index (χ0v) is 17.6. The number of anilines is 1. The van der Waals surface area contributed by atoms with Crippen molar-refractivity contribution in [2.24, 2.45) is 0 Å². The predicted octanol–water partition coefficient (Wildman–Crippen LogP) is 2.88. The van der Waals surface area contributed by atoms with Crippen molar-refractivity contribution in [2.75, 3.05) is 44.2 Å². The maximum atomic E-state index is 9.26. The Kier molecular flexibility index (Phi) is 5.36. The van der Waals surface area contributed by atoms with Crippen molar-refractivity contribution in [2.45, 2.75) is 6.92 Å². The van der Waals surface area contributed by atoms with Crippen LogP contribution in [0, 0.1) is 6.92 Å². The molecule has 0 amide bonds. The summed E-state index contributed by atoms with van der Waals surface area (Å²) in [6.45, 7) is 6.37. The van der Waals surface area contributed by atoms with Crippen molar-refractivity contribution >= 4 is 11.6 Å². The summed E-state index contributed by atoms with van der Waals surface area (Å²) in [5, 5.41) is 14.1. The molecule has 31 heavy (non-hydrogen) atoms. The zero-order valence-electron chi connectivity index (χ0n) is 17.6. The summed E-state index contributed by atoms with van der Waals surface area (Å²) >= 11 is 0. The van der Waals surface area contributed by atoms with Crippen molar-refractivity contribution in [1.82, 2.24) is 24.5 Å². The summed E-state index contributed by atoms with van der Waals surface area (Å²) in [5.74, 6) is 1.52. The Morgan fingerprint density at radius 1 is 0.839 bits per heavy atom. The molecule has 0 spiro atoms. The van der Waals surface area contributed by atoms with Crippen molar-refractivity contribution in [3.63, 3.8) is 0 Å². The number of β-amino-alcohol motifs (C(OH)–C–C–N with tert-alkyl or cyclic N) is 1. The molecule has 7 heteroatoms. The van der Waals surface area contributed by atoms with E-state index in [1.54, 1.807) is 0 Å². The van der Waals surface area contributed by atoms with Crippen LogP contribution in [0.5, 0.6) is 0 Å². The Bertz CT molecular complexity index is 1170. The van der Waals surface area contributed by atoms with Crippen molar-refractivity contribution in [3.8, 4) is 22.5 Å². The minimum atomic E-state index is 0.189. The number of rotatable bonds is 5. The smallest absolute Gasteiger partial charge is 0.230 e. The average Bonchev–Trinajstić information content (AvgIpc) is 3.16. The molecule has 0 unspecified atom stereocenters. The Labute approximate surface area is 181 Å². The highest BCUT2D eigenvalue weighted by molar-refractivity contribution is 5.81. The van der Waals surface area contributed by atoms with Gasteiger partial charge < -0.3 is 10.0 Å². The van der Waals surface area contributed by atoms with Gasteiger partial charge in [0.2, 0.25) is 5.95 Å². The summed E-state index contributed by atoms with van der Waals surface area (Å²) < 4.78 is 1.89. The summed E-state index contributed by atoms with van der Waals surface area (Å²) in [4.78, 5) is 14.5. The molecule has 0 aliphatic carbocycles. The molecule has 3 heterocycles. The van der Waals surface area contributed by atoms with Gasteiger partial charge in [0.1, 0.15) is 0 Å². The molecule has 0 bridgehead atoms. The lowest BCUT2D eigenvalue weighted by Gasteiger charge is -2.34. The number of aliphatic hydroxyl groups excluding tert-OH is 1. The first-order chi connectivity index (χ1) is 15.2. The Balaban J connectivity index is 1.66. The minimum absolute atomic E-state index is 0.189. The van der Waals surface area contributed by atoms with Crippen molar-refractivity contribution < 1.29 is 5.11 Å². The van der Waals surface area contributed by atoms with Gasteiger partial charge in [-0.25, -0.2) is 4.98 Å². The Morgan fingerprint density at radius 2 is 1.48 bits per heavy atom. The first-order valence-electron chi connectivity index (χ1n) is 10.7. The lowest BCUT2D eigenvalue weighted by atomic mass is 10.1. The van der Waals surface area contributed by atoms with Crippen LogP contribution in [0.3, 0.4) is 0 Å². The fraction of sp³-hybridized carbons (Fsp3) is 0.292. The summed E-state index contributed by atoms with van der Waals surface area (Å²) in [6, 6.07) is 20.4. The van der Waals surface area contributed by atoms with E-state index in [4.69, 9.17) is 15.1 Å². The largest absolute Gasteiger partial charge is 0.395 e. The normalized spacial score (nSPS) is 15.0. The molecule has 1 N–H and O–H groups in total. The maximum Gasteiger partial charge on any atom is 0.230 e. The van der Waals surface area contributed by atoms with Gasteiger partial charge in [0.25, 0.3) is 0 Å². The van der Waals surface area contributed by atoms with E-state index >= 15 is 0 Å². The van der Waals surface area contributed by atoms with E-state index in [0.717, 1.165) is 60.2 Å². The van der Waals surface area contributed by atoms with Crippen LogP contribution in [0.2, 0.25) is 0 Å². The molecule has 2 aromatic heterocycles. The van der Waals surface area contributed by atoms with Gasteiger partial charge in [0.05, 0.1) is 12.3 Å². The third-order valence-corrected chi connectivity index (χ3v) is 5.81. The van der Waals surface area contributed by atoms with Crippen LogP contribution < -0.4 is 4.90 Å². The van der Waals surface area contributed by atoms with E-state index in [1.165, 1.54) is 0 Å². The number of piperazine rings is 1. The number of aliphatic hydroxyl groups is 1. The van der Waals surface area contributed by atoms with E-state index in [9.17, 15) is 5.11 Å². The maximum absolute atomic E-state index is 9.26. The third kappa shape index (κ3) is 3.78. The lowest BCUT2D eigenvalue weighted by molar-refractivity contribution is 0.188. The number of nitrogens with zero attached hydrogens (tertiary/aromatic N) is 6. The van der Waals surface area contributed by atoms with Crippen LogP contribution in [0.4, 0.5) is 5.95 Å². The van der Waals surface area contributed by atoms with E-state index in [1.807, 2.05) is 60.0 Å². The fourth-order valence-corrected chi connectivity index (χ4v) is 4.20. The number of hydrogen-bond donors (Lipinski definition) is 1. The van der Waals surface area contributed by atoms with Gasteiger partial charge in [-0.15, -0.1) is 0 Å². The average molecular weight is 415 g/mol. The van der Waals surface area contributed by atoms with Crippen LogP contribution in [0.25, 0.3) is 28.2 Å². The van der Waals surface area contributed by atoms with Gasteiger partial charge in [0.15, 0.2) is 11.5 Å². The highest BCUT2D eigenvalue weighted by Crippen LogP contribution is 2.31. The SMILES string of the molecule is Cc1nn2c(N3CCN(CCO)CC3)nc(-c3ccccc3)nc2c1-c1ccccc1. The molecule has 4 aromatic rings. The second kappa shape index (κ2) is 8.45. The highest BCUT2D eigenvalue weighted by Gasteiger charge is 2.24. The molecular formula is C24H26N6O. The lowest BCUT2D eigenvalue weighted by Crippen LogP contribution is -2.48. The molecule has 5 rings (SSSR count). The number of hydrogen-bond acceptors (Lipinski definition) is 6. The minimum Gasteiger partial charge on any atom is -0.395 e. The van der Waals surface area contributed by atoms with Gasteiger partial charge >= 0.3 is 0 Å². The number of aromatic nitrogens is 4. The summed E-state index contributed by atoms with van der Waals surface area (Å²) in [7, 11) is 0. The zero-order chi connectivity index (χ0) is 21.2. The molecule has 0 saturated carbocycles. The molecule has 1 fully saturated rings. The van der Waals surface area contributed by atoms with Crippen LogP contribution >= 0.6 is 0 Å². The molecule has 0 radical (unpaired) electrons. The predicted molar refractivity (Wildman–Crippen MR) is 122 cm³/mol. The standard InChI is InChI=1S/C24H26N6O/c1-18-21(19-8-4-2-5-9-19)23-25-22(20-10-6-3-7-11-20)26-24(30(23)27-18)29-14-12-28(13-15-29)16-17-31/h2-11,31H,12-17H2,1H3. The van der Waals surface area contributed by atoms with Gasteiger partial charge in [-0.05, 0) is 12.5 Å². The second-order valence-electron chi connectivity index (χ2n) is 7.83. The molecule has 2 aromatic carbocycles. The van der Waals surface area contributed by atoms with Crippen molar-refractivity contribution in [3.05, 3.63) is 66.4 Å². The molecule has 158 valence electrons. The van der Waals surface area contributed by atoms with E-state index < -0.39 is 0 Å². The molecule has 1 aliphatic rings. The number of fused-ring (bicyclic) bond motifs is 1. The first kappa shape index (κ1) is 19.7. The van der Waals surface area contributed by atoms with Crippen LogP contribution in [-0.2, 0) is 0 Å². The summed E-state index contributed by atoms with van der Waals surface area (Å²) in [5.41, 5.74) is 4.89. The number of aryl methyl sites for hydroxylation is 1. The third-order valence-electron chi connectivity index (χ3n) is 5.81. The molecule has 0 atom stereocenters. The quantitative estimate of drug-likeness (QED) is 0.542. The van der Waals surface area contributed by atoms with Gasteiger partial charge in [0, 0.05) is 43.9 Å². The first-order valence-corrected chi connectivity index (χ1v) is 10.7. The van der Waals surface area contributed by atoms with E-state index in [0.29, 0.717) is 12.4 Å². The highest BCUT2D eigenvalue weighted by atomic mass is 16.3. The van der Waals surface area contributed by atoms with Crippen molar-refractivity contribution in [1.29, 1.82) is 0 Å².